The predicted molar refractivity (Wildman–Crippen MR) is 95.9 cm³/mol. The van der Waals surface area contributed by atoms with Crippen LogP contribution in [0.2, 0.25) is 5.02 Å². The molecule has 0 bridgehead atoms. The first-order valence-corrected chi connectivity index (χ1v) is 8.14. The van der Waals surface area contributed by atoms with E-state index in [1.165, 1.54) is 5.56 Å². The van der Waals surface area contributed by atoms with Gasteiger partial charge < -0.3 is 5.32 Å². The summed E-state index contributed by atoms with van der Waals surface area (Å²) in [5.41, 5.74) is 5.55. The summed E-state index contributed by atoms with van der Waals surface area (Å²) in [7, 11) is 0. The molecule has 0 aromatic heterocycles. The monoisotopic (exact) mass is 331 g/mol. The molecule has 114 valence electrons. The van der Waals surface area contributed by atoms with Gasteiger partial charge in [-0.25, -0.2) is 0 Å². The summed E-state index contributed by atoms with van der Waals surface area (Å²) in [6, 6.07) is 18.5. The van der Waals surface area contributed by atoms with E-state index < -0.39 is 0 Å². The Morgan fingerprint density at radius 1 is 1.18 bits per heavy atom. The van der Waals surface area contributed by atoms with E-state index in [0.717, 1.165) is 12.1 Å². The Morgan fingerprint density at radius 2 is 1.95 bits per heavy atom. The van der Waals surface area contributed by atoms with E-state index in [1.54, 1.807) is 0 Å². The molecular weight excluding hydrogens is 314 g/mol. The van der Waals surface area contributed by atoms with Crippen molar-refractivity contribution in [3.8, 4) is 0 Å². The number of nitrogens with one attached hydrogen (secondary N) is 2. The number of anilines is 1. The Hall–Kier alpha value is -1.78. The Balaban J connectivity index is 1.91. The summed E-state index contributed by atoms with van der Waals surface area (Å²) in [6.07, 6.45) is 0.993. The van der Waals surface area contributed by atoms with Crippen LogP contribution in [0.5, 0.6) is 0 Å². The number of thiocarbonyl (C=S) groups is 1. The van der Waals surface area contributed by atoms with E-state index in [0.29, 0.717) is 10.1 Å². The van der Waals surface area contributed by atoms with Crippen LogP contribution in [0, 0.1) is 0 Å². The van der Waals surface area contributed by atoms with E-state index in [4.69, 9.17) is 23.8 Å². The van der Waals surface area contributed by atoms with Gasteiger partial charge in [0.25, 0.3) is 0 Å². The molecule has 2 aromatic carbocycles. The second-order valence-electron chi connectivity index (χ2n) is 5.31. The van der Waals surface area contributed by atoms with Crippen LogP contribution in [-0.4, -0.2) is 16.2 Å². The zero-order valence-electron chi connectivity index (χ0n) is 12.3. The third-order valence-electron chi connectivity index (χ3n) is 3.84. The normalized spacial score (nSPS) is 20.8. The molecule has 1 fully saturated rings. The molecule has 0 radical (unpaired) electrons. The number of hydrogen-bond donors (Lipinski definition) is 2. The van der Waals surface area contributed by atoms with Gasteiger partial charge in [-0.3, -0.25) is 10.4 Å². The van der Waals surface area contributed by atoms with Gasteiger partial charge in [-0.15, -0.1) is 0 Å². The fourth-order valence-electron chi connectivity index (χ4n) is 2.79. The molecule has 1 aliphatic heterocycles. The highest BCUT2D eigenvalue weighted by Crippen LogP contribution is 2.31. The minimum atomic E-state index is 0.151. The van der Waals surface area contributed by atoms with Crippen molar-refractivity contribution >= 4 is 34.6 Å². The maximum atomic E-state index is 6.07. The molecule has 1 aliphatic rings. The lowest BCUT2D eigenvalue weighted by molar-refractivity contribution is 0.357. The highest BCUT2D eigenvalue weighted by molar-refractivity contribution is 7.80. The standard InChI is InChI=1S/C17H18ClN3S/c1-2-15-16(12-7-4-3-5-8-12)21(17(22)19-15)20-14-10-6-9-13(18)11-14/h3-11,15-16,20H,2H2,1H3,(H,19,22). The topological polar surface area (TPSA) is 27.3 Å². The molecule has 0 amide bonds. The van der Waals surface area contributed by atoms with Gasteiger partial charge >= 0.3 is 0 Å². The molecule has 2 aromatic rings. The predicted octanol–water partition coefficient (Wildman–Crippen LogP) is 4.38. The first kappa shape index (κ1) is 15.1. The molecule has 0 saturated carbocycles. The van der Waals surface area contributed by atoms with Crippen molar-refractivity contribution in [3.05, 3.63) is 65.2 Å². The second-order valence-corrected chi connectivity index (χ2v) is 6.14. The summed E-state index contributed by atoms with van der Waals surface area (Å²) in [6.45, 7) is 2.17. The SMILES string of the molecule is CCC1NC(=S)N(Nc2cccc(Cl)c2)C1c1ccccc1. The van der Waals surface area contributed by atoms with Crippen LogP contribution in [0.15, 0.2) is 54.6 Å². The van der Waals surface area contributed by atoms with Crippen LogP contribution < -0.4 is 10.7 Å². The Morgan fingerprint density at radius 3 is 2.64 bits per heavy atom. The van der Waals surface area contributed by atoms with Gasteiger partial charge in [0.1, 0.15) is 0 Å². The first-order valence-electron chi connectivity index (χ1n) is 7.36. The average Bonchev–Trinajstić information content (AvgIpc) is 2.84. The highest BCUT2D eigenvalue weighted by atomic mass is 35.5. The van der Waals surface area contributed by atoms with E-state index in [2.05, 4.69) is 41.9 Å². The van der Waals surface area contributed by atoms with E-state index in [9.17, 15) is 0 Å². The van der Waals surface area contributed by atoms with Crippen molar-refractivity contribution in [2.24, 2.45) is 0 Å². The summed E-state index contributed by atoms with van der Waals surface area (Å²) in [5.74, 6) is 0. The summed E-state index contributed by atoms with van der Waals surface area (Å²) in [4.78, 5) is 0. The smallest absolute Gasteiger partial charge is 0.188 e. The Labute approximate surface area is 141 Å². The molecule has 0 spiro atoms. The molecule has 1 saturated heterocycles. The lowest BCUT2D eigenvalue weighted by Crippen LogP contribution is -2.35. The number of hydrogen-bond acceptors (Lipinski definition) is 2. The van der Waals surface area contributed by atoms with Gasteiger partial charge in [0.15, 0.2) is 5.11 Å². The molecule has 0 aliphatic carbocycles. The minimum absolute atomic E-state index is 0.151. The van der Waals surface area contributed by atoms with Crippen molar-refractivity contribution in [1.82, 2.24) is 10.3 Å². The van der Waals surface area contributed by atoms with Crippen molar-refractivity contribution in [1.29, 1.82) is 0 Å². The van der Waals surface area contributed by atoms with Crippen molar-refractivity contribution < 1.29 is 0 Å². The largest absolute Gasteiger partial charge is 0.356 e. The van der Waals surface area contributed by atoms with Gasteiger partial charge in [0, 0.05) is 5.02 Å². The zero-order valence-corrected chi connectivity index (χ0v) is 13.9. The Kier molecular flexibility index (Phi) is 4.50. The third-order valence-corrected chi connectivity index (χ3v) is 4.39. The Bertz CT molecular complexity index is 662. The van der Waals surface area contributed by atoms with Crippen LogP contribution in [0.4, 0.5) is 5.69 Å². The van der Waals surface area contributed by atoms with Gasteiger partial charge in [0.05, 0.1) is 17.8 Å². The fourth-order valence-corrected chi connectivity index (χ4v) is 3.29. The van der Waals surface area contributed by atoms with Gasteiger partial charge in [-0.2, -0.15) is 0 Å². The first-order chi connectivity index (χ1) is 10.7. The molecule has 1 heterocycles. The number of halogens is 1. The van der Waals surface area contributed by atoms with Crippen molar-refractivity contribution in [2.45, 2.75) is 25.4 Å². The number of benzene rings is 2. The quantitative estimate of drug-likeness (QED) is 0.813. The van der Waals surface area contributed by atoms with E-state index >= 15 is 0 Å². The summed E-state index contributed by atoms with van der Waals surface area (Å²) >= 11 is 11.6. The lowest BCUT2D eigenvalue weighted by Gasteiger charge is -2.28. The summed E-state index contributed by atoms with van der Waals surface area (Å²) < 4.78 is 0. The van der Waals surface area contributed by atoms with Crippen molar-refractivity contribution in [2.75, 3.05) is 5.43 Å². The van der Waals surface area contributed by atoms with E-state index in [1.807, 2.05) is 35.3 Å². The number of nitrogens with zero attached hydrogens (tertiary/aromatic N) is 1. The molecular formula is C17H18ClN3S. The van der Waals surface area contributed by atoms with Gasteiger partial charge in [-0.05, 0) is 42.4 Å². The zero-order chi connectivity index (χ0) is 15.5. The van der Waals surface area contributed by atoms with Crippen molar-refractivity contribution in [3.63, 3.8) is 0 Å². The molecule has 2 N–H and O–H groups in total. The number of hydrazine groups is 1. The molecule has 3 rings (SSSR count). The minimum Gasteiger partial charge on any atom is -0.356 e. The van der Waals surface area contributed by atoms with Gasteiger partial charge in [-0.1, -0.05) is 54.9 Å². The average molecular weight is 332 g/mol. The molecule has 22 heavy (non-hydrogen) atoms. The van der Waals surface area contributed by atoms with Crippen LogP contribution in [0.3, 0.4) is 0 Å². The fraction of sp³-hybridized carbons (Fsp3) is 0.235. The maximum absolute atomic E-state index is 6.07. The highest BCUT2D eigenvalue weighted by Gasteiger charge is 2.37. The van der Waals surface area contributed by atoms with Gasteiger partial charge in [0.2, 0.25) is 0 Å². The summed E-state index contributed by atoms with van der Waals surface area (Å²) in [5, 5.41) is 6.83. The van der Waals surface area contributed by atoms with Crippen LogP contribution in [0.25, 0.3) is 0 Å². The molecule has 5 heteroatoms. The second kappa shape index (κ2) is 6.55. The van der Waals surface area contributed by atoms with Crippen LogP contribution in [-0.2, 0) is 0 Å². The molecule has 3 nitrogen and oxygen atoms in total. The van der Waals surface area contributed by atoms with Crippen LogP contribution in [0.1, 0.15) is 24.9 Å². The third kappa shape index (κ3) is 3.03. The van der Waals surface area contributed by atoms with E-state index in [-0.39, 0.29) is 12.1 Å². The number of rotatable bonds is 4. The molecule has 2 unspecified atom stereocenters. The lowest BCUT2D eigenvalue weighted by atomic mass is 9.99. The van der Waals surface area contributed by atoms with Crippen LogP contribution >= 0.6 is 23.8 Å². The maximum Gasteiger partial charge on any atom is 0.188 e. The molecule has 2 atom stereocenters.